The van der Waals surface area contributed by atoms with E-state index >= 15 is 0 Å². The topological polar surface area (TPSA) is 332 Å². The molecule has 2 aromatic heterocycles. The zero-order valence-electron chi connectivity index (χ0n) is 34.7. The van der Waals surface area contributed by atoms with Crippen LogP contribution < -0.4 is 43.6 Å². The predicted octanol–water partition coefficient (Wildman–Crippen LogP) is -1.25. The van der Waals surface area contributed by atoms with Gasteiger partial charge in [0, 0.05) is 61.9 Å². The predicted molar refractivity (Wildman–Crippen MR) is 224 cm³/mol. The summed E-state index contributed by atoms with van der Waals surface area (Å²) >= 11 is 0. The van der Waals surface area contributed by atoms with Gasteiger partial charge in [0.05, 0.1) is 12.1 Å². The summed E-state index contributed by atoms with van der Waals surface area (Å²) in [5.41, 5.74) is 6.20. The Bertz CT molecular complexity index is 2480. The summed E-state index contributed by atoms with van der Waals surface area (Å²) in [5, 5.41) is 43.5. The van der Waals surface area contributed by atoms with Crippen molar-refractivity contribution in [1.29, 1.82) is 0 Å². The van der Waals surface area contributed by atoms with E-state index < -0.39 is 95.5 Å². The highest BCUT2D eigenvalue weighted by atomic mass is 16.5. The molecule has 22 heteroatoms. The van der Waals surface area contributed by atoms with Crippen molar-refractivity contribution in [1.82, 2.24) is 46.0 Å². The number of nitrogens with one attached hydrogen (secondary N) is 7. The van der Waals surface area contributed by atoms with Gasteiger partial charge in [0.25, 0.3) is 5.56 Å². The van der Waals surface area contributed by atoms with Crippen molar-refractivity contribution < 1.29 is 48.8 Å². The van der Waals surface area contributed by atoms with Crippen molar-refractivity contribution in [3.8, 4) is 5.75 Å². The van der Waals surface area contributed by atoms with E-state index in [0.29, 0.717) is 11.1 Å². The molecule has 4 aromatic rings. The lowest BCUT2D eigenvalue weighted by Gasteiger charge is -2.34. The van der Waals surface area contributed by atoms with Crippen molar-refractivity contribution in [2.24, 2.45) is 5.73 Å². The monoisotopic (exact) mass is 874 g/mol. The van der Waals surface area contributed by atoms with Gasteiger partial charge in [0.1, 0.15) is 41.8 Å². The van der Waals surface area contributed by atoms with Crippen LogP contribution in [0.25, 0.3) is 10.9 Å². The molecule has 0 spiro atoms. The largest absolute Gasteiger partial charge is 0.508 e. The van der Waals surface area contributed by atoms with E-state index in [1.54, 1.807) is 30.5 Å². The number of likely N-dealkylation sites (N-methyl/N-ethyl adjacent to an activating group) is 1. The number of amides is 6. The zero-order chi connectivity index (χ0) is 46.1. The Morgan fingerprint density at radius 1 is 0.921 bits per heavy atom. The van der Waals surface area contributed by atoms with Crippen LogP contribution in [0.3, 0.4) is 0 Å². The van der Waals surface area contributed by atoms with Crippen molar-refractivity contribution in [2.75, 3.05) is 7.05 Å². The van der Waals surface area contributed by atoms with Crippen LogP contribution in [0.15, 0.2) is 88.5 Å². The maximum absolute atomic E-state index is 14.1. The van der Waals surface area contributed by atoms with Gasteiger partial charge in [-0.1, -0.05) is 30.3 Å². The number of phenolic OH excluding ortho intramolecular Hbond substituents is 1. The van der Waals surface area contributed by atoms with E-state index in [1.807, 2.05) is 12.1 Å². The number of urea groups is 1. The number of fused-ring (bicyclic) bond motifs is 1. The number of carboxylic acid groups (broad SMARTS) is 1. The number of ether oxygens (including phenoxy) is 1. The first-order valence-corrected chi connectivity index (χ1v) is 19.7. The number of H-pyrrole nitrogens is 2. The minimum Gasteiger partial charge on any atom is -0.508 e. The molecule has 12 N–H and O–H groups in total. The molecular weight excluding hydrogens is 825 g/mol. The maximum Gasteiger partial charge on any atom is 0.331 e. The molecule has 0 saturated carbocycles. The smallest absolute Gasteiger partial charge is 0.331 e. The first-order valence-electron chi connectivity index (χ1n) is 19.7. The highest BCUT2D eigenvalue weighted by molar-refractivity contribution is 5.94. The number of rotatable bonds is 17. The summed E-state index contributed by atoms with van der Waals surface area (Å²) in [7, 11) is 1.33. The number of benzene rings is 2. The Morgan fingerprint density at radius 3 is 2.29 bits per heavy atom. The Kier molecular flexibility index (Phi) is 15.1. The van der Waals surface area contributed by atoms with Crippen molar-refractivity contribution >= 4 is 46.5 Å². The molecule has 8 atom stereocenters. The number of nitrogens with two attached hydrogens (primary N) is 1. The number of phenols is 1. The Balaban J connectivity index is 1.34. The van der Waals surface area contributed by atoms with Gasteiger partial charge in [-0.05, 0) is 50.1 Å². The third-order valence-electron chi connectivity index (χ3n) is 10.4. The number of aromatic hydroxyl groups is 1. The zero-order valence-corrected chi connectivity index (χ0v) is 34.7. The first-order chi connectivity index (χ1) is 29.8. The van der Waals surface area contributed by atoms with E-state index in [0.717, 1.165) is 38.8 Å². The quantitative estimate of drug-likeness (QED) is 0.0592. The van der Waals surface area contributed by atoms with Crippen LogP contribution in [0, 0.1) is 0 Å². The van der Waals surface area contributed by atoms with E-state index in [4.69, 9.17) is 10.5 Å². The number of carbonyl (C=O) groups excluding carboxylic acids is 5. The molecule has 1 fully saturated rings. The Hall–Kier alpha value is -7.46. The third kappa shape index (κ3) is 11.9. The summed E-state index contributed by atoms with van der Waals surface area (Å²) in [6, 6.07) is 5.34. The van der Waals surface area contributed by atoms with Crippen LogP contribution in [-0.2, 0) is 41.6 Å². The second kappa shape index (κ2) is 20.4. The fourth-order valence-electron chi connectivity index (χ4n) is 6.70. The number of para-hydroxylation sites is 1. The fraction of sp³-hybridized carbons (Fsp3) is 0.366. The minimum absolute atomic E-state index is 0.000941. The lowest BCUT2D eigenvalue weighted by atomic mass is 10.0. The van der Waals surface area contributed by atoms with Gasteiger partial charge in [-0.3, -0.25) is 33.5 Å². The standard InChI is InChI=1S/C41H50N10O12/c1-20(42)34(55)46-29(15-23-9-11-25(52)12-10-23)37(58)50(4)22(3)33(36(57)44-19-26-17-31(53)38(63-26)51-14-13-32(54)48-41(51)62)49-35(56)21(2)45-40(61)47-30(39(59)60)16-24-18-43-28-8-6-5-7-27(24)28/h5-14,18-22,29-31,33,38,43,52-53H,15-17,42H2,1-4H3,(H,44,57)(H,46,55)(H,49,56)(H,59,60)(H2,45,47,61)(H,48,54,62). The maximum atomic E-state index is 14.1. The first kappa shape index (κ1) is 46.6. The van der Waals surface area contributed by atoms with E-state index in [1.165, 1.54) is 40.0 Å². The fourth-order valence-corrected chi connectivity index (χ4v) is 6.70. The van der Waals surface area contributed by atoms with Crippen LogP contribution in [0.5, 0.6) is 5.75 Å². The molecule has 2 aromatic carbocycles. The Morgan fingerprint density at radius 2 is 1.62 bits per heavy atom. The molecule has 8 unspecified atom stereocenters. The van der Waals surface area contributed by atoms with Crippen LogP contribution in [0.2, 0.25) is 0 Å². The second-order valence-electron chi connectivity index (χ2n) is 15.1. The number of carbonyl (C=O) groups is 6. The summed E-state index contributed by atoms with van der Waals surface area (Å²) < 4.78 is 6.64. The number of aliphatic hydroxyl groups excluding tert-OH is 1. The number of aliphatic carboxylic acids is 1. The lowest BCUT2D eigenvalue weighted by Crippen LogP contribution is -2.62. The number of carboxylic acids is 1. The van der Waals surface area contributed by atoms with Gasteiger partial charge in [-0.25, -0.2) is 14.4 Å². The van der Waals surface area contributed by atoms with Crippen molar-refractivity contribution in [3.63, 3.8) is 0 Å². The number of aromatic amines is 2. The highest BCUT2D eigenvalue weighted by Gasteiger charge is 2.37. The molecule has 0 radical (unpaired) electrons. The lowest BCUT2D eigenvalue weighted by molar-refractivity contribution is -0.140. The van der Waals surface area contributed by atoms with Gasteiger partial charge in [0.15, 0.2) is 0 Å². The molecule has 1 saturated heterocycles. The van der Waals surface area contributed by atoms with Crippen LogP contribution in [-0.4, -0.2) is 120 Å². The van der Waals surface area contributed by atoms with Crippen LogP contribution in [0.1, 0.15) is 44.5 Å². The molecule has 1 aliphatic heterocycles. The Labute approximate surface area is 358 Å². The molecule has 336 valence electrons. The van der Waals surface area contributed by atoms with E-state index in [9.17, 15) is 53.7 Å². The molecule has 1 aliphatic rings. The second-order valence-corrected chi connectivity index (χ2v) is 15.1. The van der Waals surface area contributed by atoms with Crippen LogP contribution in [0.4, 0.5) is 4.79 Å². The number of aliphatic hydroxyl groups is 1. The number of nitrogens with zero attached hydrogens (tertiary/aromatic N) is 2. The SMILES string of the molecule is CC(N)C(=O)NC(Cc1ccc(O)cc1)C(=O)N(C)C(C)C(NC(=O)C(C)NC(=O)NC(Cc1c[nH]c2ccccc12)C(=O)O)C(=O)NC=C1CC(O)C(n2ccc(=O)[nH]c2=O)O1. The third-order valence-corrected chi connectivity index (χ3v) is 10.4. The van der Waals surface area contributed by atoms with Crippen molar-refractivity contribution in [3.05, 3.63) is 111 Å². The molecule has 0 aliphatic carbocycles. The highest BCUT2D eigenvalue weighted by Crippen LogP contribution is 2.30. The average Bonchev–Trinajstić information content (AvgIpc) is 3.83. The van der Waals surface area contributed by atoms with Gasteiger partial charge < -0.3 is 62.3 Å². The van der Waals surface area contributed by atoms with Crippen molar-refractivity contribution in [2.45, 2.75) is 88.6 Å². The van der Waals surface area contributed by atoms with E-state index in [2.05, 4.69) is 36.6 Å². The minimum atomic E-state index is -1.59. The molecule has 6 amide bonds. The number of hydrogen-bond acceptors (Lipinski definition) is 12. The molecule has 63 heavy (non-hydrogen) atoms. The normalized spacial score (nSPS) is 18.2. The number of aromatic nitrogens is 3. The van der Waals surface area contributed by atoms with Gasteiger partial charge >= 0.3 is 17.7 Å². The molecule has 3 heterocycles. The molecule has 22 nitrogen and oxygen atoms in total. The molecule has 5 rings (SSSR count). The van der Waals surface area contributed by atoms with E-state index in [-0.39, 0.29) is 30.8 Å². The summed E-state index contributed by atoms with van der Waals surface area (Å²) in [4.78, 5) is 110. The average molecular weight is 875 g/mol. The van der Waals surface area contributed by atoms with Gasteiger partial charge in [-0.15, -0.1) is 0 Å². The van der Waals surface area contributed by atoms with Gasteiger partial charge in [-0.2, -0.15) is 0 Å². The molecule has 0 bridgehead atoms. The van der Waals surface area contributed by atoms with Gasteiger partial charge in [0.2, 0.25) is 29.9 Å². The number of hydrogen-bond donors (Lipinski definition) is 11. The summed E-state index contributed by atoms with van der Waals surface area (Å²) in [6.07, 6.45) is 0.955. The molecular formula is C41H50N10O12. The summed E-state index contributed by atoms with van der Waals surface area (Å²) in [6.45, 7) is 4.14. The summed E-state index contributed by atoms with van der Waals surface area (Å²) in [5.74, 6) is -4.57. The van der Waals surface area contributed by atoms with Crippen LogP contribution >= 0.6 is 0 Å².